The number of unbranched alkanes of at least 4 members (excludes halogenated alkanes) is 1. The number of hydrogen-bond acceptors (Lipinski definition) is 3. The summed E-state index contributed by atoms with van der Waals surface area (Å²) in [6.45, 7) is 7.39. The molecule has 25 heavy (non-hydrogen) atoms. The summed E-state index contributed by atoms with van der Waals surface area (Å²) in [5.41, 5.74) is 2.27. The summed E-state index contributed by atoms with van der Waals surface area (Å²) in [5.74, 6) is -0.0724. The number of likely N-dealkylation sites (N-methyl/N-ethyl adjacent to an activating group) is 1. The molecule has 132 valence electrons. The number of benzene rings is 1. The molecule has 0 saturated carbocycles. The van der Waals surface area contributed by atoms with E-state index in [2.05, 4.69) is 17.0 Å². The Bertz CT molecular complexity index is 971. The molecular weight excluding hydrogens is 316 g/mol. The molecule has 0 saturated heterocycles. The zero-order chi connectivity index (χ0) is 18.0. The topological polar surface area (TPSA) is 71.0 Å². The zero-order valence-corrected chi connectivity index (χ0v) is 15.0. The van der Waals surface area contributed by atoms with Crippen molar-refractivity contribution in [3.63, 3.8) is 0 Å². The van der Waals surface area contributed by atoms with Crippen LogP contribution in [0.15, 0.2) is 29.2 Å². The van der Waals surface area contributed by atoms with Crippen molar-refractivity contribution >= 4 is 27.7 Å². The third-order valence-electron chi connectivity index (χ3n) is 4.57. The third kappa shape index (κ3) is 3.29. The molecule has 0 aliphatic carbocycles. The van der Waals surface area contributed by atoms with Crippen molar-refractivity contribution in [3.8, 4) is 0 Å². The first kappa shape index (κ1) is 17.2. The second kappa shape index (κ2) is 7.09. The fourth-order valence-electron chi connectivity index (χ4n) is 3.09. The van der Waals surface area contributed by atoms with Crippen LogP contribution < -0.4 is 5.56 Å². The molecule has 0 unspecified atom stereocenters. The molecule has 3 rings (SSSR count). The van der Waals surface area contributed by atoms with Gasteiger partial charge in [0.2, 0.25) is 5.91 Å². The highest BCUT2D eigenvalue weighted by Gasteiger charge is 2.16. The van der Waals surface area contributed by atoms with Crippen molar-refractivity contribution in [2.45, 2.75) is 40.2 Å². The van der Waals surface area contributed by atoms with Crippen molar-refractivity contribution in [2.24, 2.45) is 0 Å². The van der Waals surface area contributed by atoms with Crippen LogP contribution in [0.5, 0.6) is 0 Å². The molecule has 0 atom stereocenters. The molecule has 0 bridgehead atoms. The van der Waals surface area contributed by atoms with Crippen LogP contribution in [-0.2, 0) is 11.3 Å². The predicted molar refractivity (Wildman–Crippen MR) is 99.8 cm³/mol. The minimum absolute atomic E-state index is 0.0271. The van der Waals surface area contributed by atoms with Crippen LogP contribution in [0.25, 0.3) is 21.8 Å². The highest BCUT2D eigenvalue weighted by Crippen LogP contribution is 2.23. The number of carbonyl (C=O) groups excluding carboxylic acids is 1. The van der Waals surface area contributed by atoms with E-state index in [1.807, 2.05) is 32.0 Å². The van der Waals surface area contributed by atoms with E-state index in [1.54, 1.807) is 11.1 Å². The minimum Gasteiger partial charge on any atom is -0.350 e. The van der Waals surface area contributed by atoms with E-state index in [-0.39, 0.29) is 18.0 Å². The number of fused-ring (bicyclic) bond motifs is 3. The van der Waals surface area contributed by atoms with Gasteiger partial charge in [0.1, 0.15) is 12.1 Å². The van der Waals surface area contributed by atoms with Gasteiger partial charge in [0.25, 0.3) is 5.56 Å². The van der Waals surface area contributed by atoms with Gasteiger partial charge in [0.15, 0.2) is 0 Å². The molecule has 1 amide bonds. The van der Waals surface area contributed by atoms with Gasteiger partial charge < -0.3 is 9.88 Å². The molecule has 0 radical (unpaired) electrons. The number of aromatic nitrogens is 3. The van der Waals surface area contributed by atoms with Crippen molar-refractivity contribution < 1.29 is 4.79 Å². The fourth-order valence-corrected chi connectivity index (χ4v) is 3.09. The van der Waals surface area contributed by atoms with Gasteiger partial charge in [-0.25, -0.2) is 4.68 Å². The maximum absolute atomic E-state index is 12.7. The molecular formula is C19H24N4O2. The summed E-state index contributed by atoms with van der Waals surface area (Å²) in [6, 6.07) is 6.00. The summed E-state index contributed by atoms with van der Waals surface area (Å²) in [5, 5.41) is 6.01. The van der Waals surface area contributed by atoms with Crippen LogP contribution >= 0.6 is 0 Å². The van der Waals surface area contributed by atoms with Gasteiger partial charge in [0.05, 0.1) is 6.20 Å². The Labute approximate surface area is 146 Å². The van der Waals surface area contributed by atoms with E-state index >= 15 is 0 Å². The second-order valence-corrected chi connectivity index (χ2v) is 6.40. The smallest absolute Gasteiger partial charge is 0.291 e. The first-order valence-corrected chi connectivity index (χ1v) is 8.81. The Morgan fingerprint density at radius 3 is 2.80 bits per heavy atom. The molecule has 0 aliphatic rings. The molecule has 0 spiro atoms. The normalized spacial score (nSPS) is 11.3. The van der Waals surface area contributed by atoms with Gasteiger partial charge in [0, 0.05) is 29.4 Å². The lowest BCUT2D eigenvalue weighted by Gasteiger charge is -2.20. The molecule has 6 heteroatoms. The van der Waals surface area contributed by atoms with E-state index in [4.69, 9.17) is 0 Å². The Balaban J connectivity index is 1.95. The quantitative estimate of drug-likeness (QED) is 0.750. The highest BCUT2D eigenvalue weighted by atomic mass is 16.2. The SMILES string of the molecule is CCCCN(CC)C(=O)Cn1ncc2c([nH]c3ccc(C)cc32)c1=O. The lowest BCUT2D eigenvalue weighted by atomic mass is 10.1. The number of carbonyl (C=O) groups is 1. The van der Waals surface area contributed by atoms with Crippen LogP contribution in [0.3, 0.4) is 0 Å². The molecule has 0 fully saturated rings. The minimum atomic E-state index is -0.258. The summed E-state index contributed by atoms with van der Waals surface area (Å²) in [6.07, 6.45) is 3.66. The Hall–Kier alpha value is -2.63. The number of amides is 1. The lowest BCUT2D eigenvalue weighted by Crippen LogP contribution is -2.37. The average Bonchev–Trinajstić information content (AvgIpc) is 2.97. The largest absolute Gasteiger partial charge is 0.350 e. The van der Waals surface area contributed by atoms with Crippen molar-refractivity contribution in [3.05, 3.63) is 40.3 Å². The highest BCUT2D eigenvalue weighted by molar-refractivity contribution is 6.06. The molecule has 3 aromatic rings. The number of rotatable bonds is 6. The van der Waals surface area contributed by atoms with E-state index in [1.165, 1.54) is 4.68 Å². The number of nitrogens with zero attached hydrogens (tertiary/aromatic N) is 3. The maximum atomic E-state index is 12.7. The van der Waals surface area contributed by atoms with Crippen molar-refractivity contribution in [2.75, 3.05) is 13.1 Å². The van der Waals surface area contributed by atoms with Crippen LogP contribution in [0.1, 0.15) is 32.3 Å². The standard InChI is InChI=1S/C19H24N4O2/c1-4-6-9-22(5-2)17(24)12-23-19(25)18-15(11-20-23)14-10-13(3)7-8-16(14)21-18/h7-8,10-11,21H,4-6,9,12H2,1-3H3. The first-order chi connectivity index (χ1) is 12.0. The van der Waals surface area contributed by atoms with E-state index in [9.17, 15) is 9.59 Å². The van der Waals surface area contributed by atoms with Crippen molar-refractivity contribution in [1.29, 1.82) is 0 Å². The first-order valence-electron chi connectivity index (χ1n) is 8.81. The third-order valence-corrected chi connectivity index (χ3v) is 4.57. The predicted octanol–water partition coefficient (Wildman–Crippen LogP) is 2.83. The summed E-state index contributed by atoms with van der Waals surface area (Å²) < 4.78 is 1.25. The molecule has 6 nitrogen and oxygen atoms in total. The monoisotopic (exact) mass is 340 g/mol. The van der Waals surface area contributed by atoms with Gasteiger partial charge >= 0.3 is 0 Å². The number of hydrogen-bond donors (Lipinski definition) is 1. The molecule has 1 N–H and O–H groups in total. The number of nitrogens with one attached hydrogen (secondary N) is 1. The molecule has 1 aromatic carbocycles. The molecule has 2 heterocycles. The van der Waals surface area contributed by atoms with E-state index < -0.39 is 0 Å². The Kier molecular flexibility index (Phi) is 4.88. The van der Waals surface area contributed by atoms with Gasteiger partial charge in [-0.05, 0) is 32.4 Å². The van der Waals surface area contributed by atoms with E-state index in [0.29, 0.717) is 18.6 Å². The molecule has 0 aliphatic heterocycles. The molecule has 2 aromatic heterocycles. The van der Waals surface area contributed by atoms with Gasteiger partial charge in [-0.1, -0.05) is 25.0 Å². The van der Waals surface area contributed by atoms with Gasteiger partial charge in [-0.3, -0.25) is 9.59 Å². The van der Waals surface area contributed by atoms with Crippen LogP contribution in [0.2, 0.25) is 0 Å². The maximum Gasteiger partial charge on any atom is 0.291 e. The van der Waals surface area contributed by atoms with E-state index in [0.717, 1.165) is 34.7 Å². The summed E-state index contributed by atoms with van der Waals surface area (Å²) in [4.78, 5) is 30.2. The summed E-state index contributed by atoms with van der Waals surface area (Å²) >= 11 is 0. The van der Waals surface area contributed by atoms with Crippen LogP contribution in [0, 0.1) is 6.92 Å². The Morgan fingerprint density at radius 2 is 2.08 bits per heavy atom. The fraction of sp³-hybridized carbons (Fsp3) is 0.421. The average molecular weight is 340 g/mol. The van der Waals surface area contributed by atoms with Gasteiger partial charge in [-0.2, -0.15) is 5.10 Å². The summed E-state index contributed by atoms with van der Waals surface area (Å²) in [7, 11) is 0. The number of aromatic amines is 1. The van der Waals surface area contributed by atoms with Crippen molar-refractivity contribution in [1.82, 2.24) is 19.7 Å². The number of H-pyrrole nitrogens is 1. The van der Waals surface area contributed by atoms with Crippen LogP contribution in [0.4, 0.5) is 0 Å². The second-order valence-electron chi connectivity index (χ2n) is 6.40. The van der Waals surface area contributed by atoms with Gasteiger partial charge in [-0.15, -0.1) is 0 Å². The zero-order valence-electron chi connectivity index (χ0n) is 15.0. The number of aryl methyl sites for hydroxylation is 1. The lowest BCUT2D eigenvalue weighted by molar-refractivity contribution is -0.132. The van der Waals surface area contributed by atoms with Crippen LogP contribution in [-0.4, -0.2) is 38.7 Å². The Morgan fingerprint density at radius 1 is 1.28 bits per heavy atom.